The molecule has 0 aliphatic heterocycles. The van der Waals surface area contributed by atoms with Crippen LogP contribution < -0.4 is 10.5 Å². The van der Waals surface area contributed by atoms with Crippen LogP contribution in [0.1, 0.15) is 25.0 Å². The number of nitrogens with zero attached hydrogens (tertiary/aromatic N) is 1. The maximum Gasteiger partial charge on any atom is 0.241 e. The first-order valence-corrected chi connectivity index (χ1v) is 7.18. The van der Waals surface area contributed by atoms with Crippen molar-refractivity contribution in [2.45, 2.75) is 38.1 Å². The average Bonchev–Trinajstić information content (AvgIpc) is 2.25. The monoisotopic (exact) mass is 285 g/mol. The number of rotatable bonds is 4. The van der Waals surface area contributed by atoms with Gasteiger partial charge in [0, 0.05) is 0 Å². The van der Waals surface area contributed by atoms with Crippen LogP contribution in [0.3, 0.4) is 0 Å². The van der Waals surface area contributed by atoms with Crippen molar-refractivity contribution in [3.8, 4) is 0 Å². The van der Waals surface area contributed by atoms with Crippen LogP contribution in [0.25, 0.3) is 0 Å². The number of oxime groups is 1. The van der Waals surface area contributed by atoms with Crippen molar-refractivity contribution in [2.24, 2.45) is 10.9 Å². The van der Waals surface area contributed by atoms with E-state index in [9.17, 15) is 8.42 Å². The van der Waals surface area contributed by atoms with Gasteiger partial charge in [-0.05, 0) is 39.3 Å². The predicted molar refractivity (Wildman–Crippen MR) is 73.7 cm³/mol. The number of nitrogens with two attached hydrogens (primary N) is 1. The van der Waals surface area contributed by atoms with E-state index in [-0.39, 0.29) is 10.7 Å². The van der Waals surface area contributed by atoms with Gasteiger partial charge in [0.05, 0.1) is 10.4 Å². The molecular formula is C12H19N3O3S. The van der Waals surface area contributed by atoms with Crippen LogP contribution in [-0.2, 0) is 10.0 Å². The summed E-state index contributed by atoms with van der Waals surface area (Å²) in [6, 6.07) is 5.04. The third-order valence-electron chi connectivity index (χ3n) is 2.76. The average molecular weight is 285 g/mol. The lowest BCUT2D eigenvalue weighted by atomic mass is 10.1. The van der Waals surface area contributed by atoms with Crippen molar-refractivity contribution in [1.82, 2.24) is 4.72 Å². The minimum absolute atomic E-state index is 0.178. The number of amidine groups is 1. The van der Waals surface area contributed by atoms with Gasteiger partial charge < -0.3 is 10.9 Å². The van der Waals surface area contributed by atoms with Crippen molar-refractivity contribution in [2.75, 3.05) is 0 Å². The molecule has 0 aliphatic rings. The normalized spacial score (nSPS) is 13.6. The molecule has 7 heteroatoms. The topological polar surface area (TPSA) is 105 Å². The van der Waals surface area contributed by atoms with Crippen LogP contribution in [-0.4, -0.2) is 25.0 Å². The Labute approximate surface area is 113 Å². The maximum atomic E-state index is 12.3. The fourth-order valence-corrected chi connectivity index (χ4v) is 3.29. The molecule has 106 valence electrons. The molecule has 0 saturated heterocycles. The Hall–Kier alpha value is -1.60. The van der Waals surface area contributed by atoms with Crippen molar-refractivity contribution >= 4 is 15.9 Å². The summed E-state index contributed by atoms with van der Waals surface area (Å²) >= 11 is 0. The van der Waals surface area contributed by atoms with Crippen LogP contribution in [0.2, 0.25) is 0 Å². The van der Waals surface area contributed by atoms with Gasteiger partial charge in [-0.25, -0.2) is 8.42 Å². The smallest absolute Gasteiger partial charge is 0.241 e. The summed E-state index contributed by atoms with van der Waals surface area (Å²) in [5.41, 5.74) is 5.92. The van der Waals surface area contributed by atoms with Gasteiger partial charge in [0.2, 0.25) is 10.0 Å². The van der Waals surface area contributed by atoms with Gasteiger partial charge >= 0.3 is 0 Å². The summed E-state index contributed by atoms with van der Waals surface area (Å²) in [4.78, 5) is 0.178. The second kappa shape index (κ2) is 5.18. The summed E-state index contributed by atoms with van der Waals surface area (Å²) in [7, 11) is -3.74. The Morgan fingerprint density at radius 3 is 2.42 bits per heavy atom. The Kier molecular flexibility index (Phi) is 4.21. The molecule has 0 radical (unpaired) electrons. The number of nitrogens with one attached hydrogen (secondary N) is 1. The zero-order chi connectivity index (χ0) is 14.8. The minimum Gasteiger partial charge on any atom is -0.409 e. The van der Waals surface area contributed by atoms with Crippen LogP contribution in [0.4, 0.5) is 0 Å². The van der Waals surface area contributed by atoms with E-state index in [1.165, 1.54) is 19.9 Å². The van der Waals surface area contributed by atoms with Gasteiger partial charge in [-0.1, -0.05) is 22.9 Å². The lowest BCUT2D eigenvalue weighted by Gasteiger charge is -2.24. The fourth-order valence-electron chi connectivity index (χ4n) is 1.67. The number of benzene rings is 1. The zero-order valence-corrected chi connectivity index (χ0v) is 12.2. The standard InChI is InChI=1S/C12H19N3O3S/c1-8-5-6-10(9(2)7-8)19(17,18)15-12(3,4)11(13)14-16/h5-7,15-16H,1-4H3,(H2,13,14). The molecule has 0 aromatic heterocycles. The Bertz CT molecular complexity index is 607. The molecule has 0 fully saturated rings. The summed E-state index contributed by atoms with van der Waals surface area (Å²) in [6.45, 7) is 6.64. The summed E-state index contributed by atoms with van der Waals surface area (Å²) in [5.74, 6) is -0.208. The molecule has 4 N–H and O–H groups in total. The highest BCUT2D eigenvalue weighted by atomic mass is 32.2. The summed E-state index contributed by atoms with van der Waals surface area (Å²) in [6.07, 6.45) is 0. The second-order valence-corrected chi connectivity index (χ2v) is 6.64. The van der Waals surface area contributed by atoms with E-state index in [0.29, 0.717) is 5.56 Å². The Morgan fingerprint density at radius 1 is 1.37 bits per heavy atom. The molecular weight excluding hydrogens is 266 g/mol. The van der Waals surface area contributed by atoms with Crippen molar-refractivity contribution in [1.29, 1.82) is 0 Å². The Balaban J connectivity index is 3.19. The second-order valence-electron chi connectivity index (χ2n) is 4.98. The van der Waals surface area contributed by atoms with Crippen LogP contribution in [0.5, 0.6) is 0 Å². The highest BCUT2D eigenvalue weighted by molar-refractivity contribution is 7.89. The third-order valence-corrected chi connectivity index (χ3v) is 4.57. The molecule has 0 spiro atoms. The molecule has 1 rings (SSSR count). The minimum atomic E-state index is -3.74. The Morgan fingerprint density at radius 2 is 1.95 bits per heavy atom. The third kappa shape index (κ3) is 3.45. The highest BCUT2D eigenvalue weighted by Crippen LogP contribution is 2.18. The summed E-state index contributed by atoms with van der Waals surface area (Å²) < 4.78 is 27.0. The number of aryl methyl sites for hydroxylation is 2. The van der Waals surface area contributed by atoms with Crippen LogP contribution >= 0.6 is 0 Å². The molecule has 0 atom stereocenters. The molecule has 6 nitrogen and oxygen atoms in total. The van der Waals surface area contributed by atoms with Gasteiger partial charge in [-0.15, -0.1) is 0 Å². The molecule has 1 aromatic carbocycles. The van der Waals surface area contributed by atoms with Crippen LogP contribution in [0.15, 0.2) is 28.3 Å². The first-order valence-electron chi connectivity index (χ1n) is 5.69. The van der Waals surface area contributed by atoms with Gasteiger partial charge in [0.25, 0.3) is 0 Å². The van der Waals surface area contributed by atoms with E-state index >= 15 is 0 Å². The first-order chi connectivity index (χ1) is 8.60. The van der Waals surface area contributed by atoms with E-state index < -0.39 is 15.6 Å². The summed E-state index contributed by atoms with van der Waals surface area (Å²) in [5, 5.41) is 11.5. The maximum absolute atomic E-state index is 12.3. The fraction of sp³-hybridized carbons (Fsp3) is 0.417. The van der Waals surface area contributed by atoms with Crippen molar-refractivity contribution < 1.29 is 13.6 Å². The van der Waals surface area contributed by atoms with E-state index in [1.807, 2.05) is 6.92 Å². The van der Waals surface area contributed by atoms with Crippen LogP contribution in [0, 0.1) is 13.8 Å². The quantitative estimate of drug-likeness (QED) is 0.333. The van der Waals surface area contributed by atoms with E-state index in [1.54, 1.807) is 19.1 Å². The van der Waals surface area contributed by atoms with Crippen molar-refractivity contribution in [3.05, 3.63) is 29.3 Å². The molecule has 0 saturated carbocycles. The van der Waals surface area contributed by atoms with Gasteiger partial charge in [0.15, 0.2) is 5.84 Å². The number of hydrogen-bond acceptors (Lipinski definition) is 4. The molecule has 19 heavy (non-hydrogen) atoms. The van der Waals surface area contributed by atoms with E-state index in [4.69, 9.17) is 10.9 Å². The largest absolute Gasteiger partial charge is 0.409 e. The lowest BCUT2D eigenvalue weighted by molar-refractivity contribution is 0.312. The zero-order valence-electron chi connectivity index (χ0n) is 11.4. The molecule has 0 unspecified atom stereocenters. The number of hydrogen-bond donors (Lipinski definition) is 3. The van der Waals surface area contributed by atoms with E-state index in [2.05, 4.69) is 9.88 Å². The molecule has 0 aliphatic carbocycles. The molecule has 0 heterocycles. The number of sulfonamides is 1. The lowest BCUT2D eigenvalue weighted by Crippen LogP contribution is -2.53. The van der Waals surface area contributed by atoms with Gasteiger partial charge in [0.1, 0.15) is 0 Å². The molecule has 0 bridgehead atoms. The van der Waals surface area contributed by atoms with Crippen molar-refractivity contribution in [3.63, 3.8) is 0 Å². The predicted octanol–water partition coefficient (Wildman–Crippen LogP) is 1.11. The SMILES string of the molecule is Cc1ccc(S(=O)(=O)NC(C)(C)/C(N)=N/O)c(C)c1. The first kappa shape index (κ1) is 15.5. The molecule has 1 aromatic rings. The highest BCUT2D eigenvalue weighted by Gasteiger charge is 2.31. The van der Waals surface area contributed by atoms with Gasteiger partial charge in [-0.2, -0.15) is 4.72 Å². The van der Waals surface area contributed by atoms with E-state index in [0.717, 1.165) is 5.56 Å². The molecule has 0 amide bonds. The van der Waals surface area contributed by atoms with Gasteiger partial charge in [-0.3, -0.25) is 0 Å².